The summed E-state index contributed by atoms with van der Waals surface area (Å²) in [7, 11) is 0. The Morgan fingerprint density at radius 1 is 0.710 bits per heavy atom. The molecule has 0 heterocycles. The fourth-order valence-electron chi connectivity index (χ4n) is 3.78. The van der Waals surface area contributed by atoms with Crippen molar-refractivity contribution in [3.8, 4) is 28.0 Å². The molecule has 0 aliphatic carbocycles. The van der Waals surface area contributed by atoms with Crippen molar-refractivity contribution in [1.82, 2.24) is 0 Å². The van der Waals surface area contributed by atoms with Crippen molar-refractivity contribution < 1.29 is 13.5 Å². The van der Waals surface area contributed by atoms with E-state index in [0.29, 0.717) is 12.2 Å². The molecule has 0 saturated carbocycles. The lowest BCUT2D eigenvalue weighted by Gasteiger charge is -2.13. The molecule has 31 heavy (non-hydrogen) atoms. The van der Waals surface area contributed by atoms with Crippen molar-refractivity contribution in [2.24, 2.45) is 0 Å². The zero-order valence-electron chi connectivity index (χ0n) is 18.8. The van der Waals surface area contributed by atoms with Crippen LogP contribution in [-0.4, -0.2) is 6.61 Å². The lowest BCUT2D eigenvalue weighted by Crippen LogP contribution is -2.01. The smallest absolute Gasteiger partial charge is 0.201 e. The van der Waals surface area contributed by atoms with Gasteiger partial charge in [0.2, 0.25) is 5.82 Å². The number of ether oxygens (including phenoxy) is 1. The number of unbranched alkanes of at least 4 members (excludes halogenated alkanes) is 3. The van der Waals surface area contributed by atoms with Gasteiger partial charge in [0.1, 0.15) is 0 Å². The third kappa shape index (κ3) is 5.72. The van der Waals surface area contributed by atoms with Crippen molar-refractivity contribution in [2.75, 3.05) is 6.61 Å². The largest absolute Gasteiger partial charge is 0.490 e. The van der Waals surface area contributed by atoms with Gasteiger partial charge in [0.05, 0.1) is 6.61 Å². The van der Waals surface area contributed by atoms with E-state index in [2.05, 4.69) is 31.2 Å². The molecular weight excluding hydrogens is 390 g/mol. The van der Waals surface area contributed by atoms with Gasteiger partial charge in [0.25, 0.3) is 0 Å². The Kier molecular flexibility index (Phi) is 8.22. The van der Waals surface area contributed by atoms with Crippen LogP contribution in [0.3, 0.4) is 0 Å². The SMILES string of the molecule is CCCCCc1ccc(-c2ccc(-c3ccc(OCCCC)c(F)c3F)cc2C)cc1. The predicted octanol–water partition coefficient (Wildman–Crippen LogP) is 8.52. The maximum atomic E-state index is 14.7. The first kappa shape index (κ1) is 23.0. The zero-order valence-corrected chi connectivity index (χ0v) is 18.8. The molecule has 0 amide bonds. The summed E-state index contributed by atoms with van der Waals surface area (Å²) in [6.45, 7) is 6.63. The minimum atomic E-state index is -0.922. The van der Waals surface area contributed by atoms with Gasteiger partial charge in [-0.05, 0) is 66.1 Å². The molecule has 0 unspecified atom stereocenters. The van der Waals surface area contributed by atoms with E-state index >= 15 is 0 Å². The number of benzene rings is 3. The summed E-state index contributed by atoms with van der Waals surface area (Å²) in [5.41, 5.74) is 5.53. The first-order valence-corrected chi connectivity index (χ1v) is 11.4. The number of halogens is 2. The second-order valence-corrected chi connectivity index (χ2v) is 8.12. The average molecular weight is 423 g/mol. The van der Waals surface area contributed by atoms with E-state index in [1.165, 1.54) is 30.9 Å². The van der Waals surface area contributed by atoms with E-state index in [9.17, 15) is 8.78 Å². The van der Waals surface area contributed by atoms with Gasteiger partial charge in [-0.25, -0.2) is 4.39 Å². The molecule has 3 rings (SSSR count). The Morgan fingerprint density at radius 3 is 2.06 bits per heavy atom. The minimum absolute atomic E-state index is 0.0259. The third-order valence-electron chi connectivity index (χ3n) is 5.67. The highest BCUT2D eigenvalue weighted by atomic mass is 19.2. The van der Waals surface area contributed by atoms with Gasteiger partial charge >= 0.3 is 0 Å². The summed E-state index contributed by atoms with van der Waals surface area (Å²) in [6.07, 6.45) is 6.55. The monoisotopic (exact) mass is 422 g/mol. The molecule has 0 N–H and O–H groups in total. The fraction of sp³-hybridized carbons (Fsp3) is 0.357. The summed E-state index contributed by atoms with van der Waals surface area (Å²) in [5, 5.41) is 0. The number of hydrogen-bond acceptors (Lipinski definition) is 1. The molecule has 0 saturated heterocycles. The van der Waals surface area contributed by atoms with Crippen molar-refractivity contribution in [1.29, 1.82) is 0 Å². The lowest BCUT2D eigenvalue weighted by atomic mass is 9.94. The second-order valence-electron chi connectivity index (χ2n) is 8.12. The standard InChI is InChI=1S/C28H32F2O/c1-4-6-8-9-21-10-12-22(13-11-21)24-15-14-23(19-20(24)3)25-16-17-26(28(30)27(25)29)31-18-7-5-2/h10-17,19H,4-9,18H2,1-3H3. The molecule has 0 fully saturated rings. The molecule has 0 atom stereocenters. The van der Waals surface area contributed by atoms with Crippen molar-refractivity contribution in [2.45, 2.75) is 59.3 Å². The molecule has 3 aromatic carbocycles. The van der Waals surface area contributed by atoms with Gasteiger partial charge in [-0.15, -0.1) is 0 Å². The van der Waals surface area contributed by atoms with Crippen molar-refractivity contribution >= 4 is 0 Å². The number of aryl methyl sites for hydroxylation is 2. The van der Waals surface area contributed by atoms with Crippen LogP contribution in [0.2, 0.25) is 0 Å². The maximum Gasteiger partial charge on any atom is 0.201 e. The van der Waals surface area contributed by atoms with Crippen LogP contribution in [0.1, 0.15) is 57.1 Å². The van der Waals surface area contributed by atoms with Crippen molar-refractivity contribution in [3.05, 3.63) is 77.4 Å². The van der Waals surface area contributed by atoms with Gasteiger partial charge in [0.15, 0.2) is 11.6 Å². The molecule has 0 bridgehead atoms. The highest BCUT2D eigenvalue weighted by Gasteiger charge is 2.16. The van der Waals surface area contributed by atoms with E-state index in [4.69, 9.17) is 4.74 Å². The summed E-state index contributed by atoms with van der Waals surface area (Å²) in [4.78, 5) is 0. The maximum absolute atomic E-state index is 14.7. The van der Waals surface area contributed by atoms with Gasteiger partial charge in [-0.3, -0.25) is 0 Å². The van der Waals surface area contributed by atoms with Crippen LogP contribution in [0.25, 0.3) is 22.3 Å². The highest BCUT2D eigenvalue weighted by Crippen LogP contribution is 2.33. The molecular formula is C28H32F2O. The molecule has 3 aromatic rings. The Labute approximate surface area is 185 Å². The Morgan fingerprint density at radius 2 is 1.39 bits per heavy atom. The number of rotatable bonds is 10. The normalized spacial score (nSPS) is 11.0. The quantitative estimate of drug-likeness (QED) is 0.298. The van der Waals surface area contributed by atoms with Gasteiger partial charge in [-0.2, -0.15) is 4.39 Å². The Bertz CT molecular complexity index is 993. The van der Waals surface area contributed by atoms with E-state index < -0.39 is 11.6 Å². The summed E-state index contributed by atoms with van der Waals surface area (Å²) in [5.74, 6) is -1.81. The Balaban J connectivity index is 1.80. The van der Waals surface area contributed by atoms with Gasteiger partial charge in [0, 0.05) is 5.56 Å². The Hall–Kier alpha value is -2.68. The van der Waals surface area contributed by atoms with E-state index in [-0.39, 0.29) is 11.3 Å². The van der Waals surface area contributed by atoms with Gasteiger partial charge in [-0.1, -0.05) is 75.6 Å². The zero-order chi connectivity index (χ0) is 22.2. The van der Waals surface area contributed by atoms with Gasteiger partial charge < -0.3 is 4.74 Å². The first-order valence-electron chi connectivity index (χ1n) is 11.4. The summed E-state index contributed by atoms with van der Waals surface area (Å²) >= 11 is 0. The van der Waals surface area contributed by atoms with Crippen molar-refractivity contribution in [3.63, 3.8) is 0 Å². The molecule has 0 aliphatic rings. The minimum Gasteiger partial charge on any atom is -0.490 e. The molecule has 1 nitrogen and oxygen atoms in total. The number of hydrogen-bond donors (Lipinski definition) is 0. The van der Waals surface area contributed by atoms with Crippen LogP contribution in [0.15, 0.2) is 54.6 Å². The van der Waals surface area contributed by atoms with E-state index in [1.807, 2.05) is 32.0 Å². The molecule has 0 aromatic heterocycles. The van der Waals surface area contributed by atoms with Crippen LogP contribution in [0.4, 0.5) is 8.78 Å². The van der Waals surface area contributed by atoms with E-state index in [0.717, 1.165) is 36.0 Å². The highest BCUT2D eigenvalue weighted by molar-refractivity contribution is 5.74. The molecule has 0 spiro atoms. The summed E-state index contributed by atoms with van der Waals surface area (Å²) in [6, 6.07) is 17.5. The molecule has 164 valence electrons. The molecule has 0 radical (unpaired) electrons. The van der Waals surface area contributed by atoms with Crippen LogP contribution >= 0.6 is 0 Å². The average Bonchev–Trinajstić information content (AvgIpc) is 2.78. The van der Waals surface area contributed by atoms with Crippen LogP contribution in [0.5, 0.6) is 5.75 Å². The first-order chi connectivity index (χ1) is 15.0. The van der Waals surface area contributed by atoms with Crippen LogP contribution in [-0.2, 0) is 6.42 Å². The predicted molar refractivity (Wildman–Crippen MR) is 126 cm³/mol. The van der Waals surface area contributed by atoms with Crippen LogP contribution in [0, 0.1) is 18.6 Å². The topological polar surface area (TPSA) is 9.23 Å². The van der Waals surface area contributed by atoms with E-state index in [1.54, 1.807) is 6.07 Å². The second kappa shape index (κ2) is 11.1. The third-order valence-corrected chi connectivity index (χ3v) is 5.67. The molecule has 3 heteroatoms. The molecule has 0 aliphatic heterocycles. The summed E-state index contributed by atoms with van der Waals surface area (Å²) < 4.78 is 34.6. The fourth-order valence-corrected chi connectivity index (χ4v) is 3.78. The van der Waals surface area contributed by atoms with Crippen LogP contribution < -0.4 is 4.74 Å². The lowest BCUT2D eigenvalue weighted by molar-refractivity contribution is 0.289.